The van der Waals surface area contributed by atoms with Crippen LogP contribution < -0.4 is 0 Å². The highest BCUT2D eigenvalue weighted by Gasteiger charge is 2.24. The number of benzene rings is 2. The first kappa shape index (κ1) is 23.0. The number of unbranched alkanes of at least 4 members (excludes halogenated alkanes) is 2. The Balaban J connectivity index is 1.97. The van der Waals surface area contributed by atoms with Gasteiger partial charge in [-0.15, -0.1) is 0 Å². The SMILES string of the molecule is CCCCN(CCCC)C(=O)Cn1cc(S(=O)(=O)c2ccc(F)cc2)c2ccccc21. The molecule has 0 fully saturated rings. The van der Waals surface area contributed by atoms with Crippen LogP contribution in [0.1, 0.15) is 39.5 Å². The van der Waals surface area contributed by atoms with E-state index in [0.29, 0.717) is 24.0 Å². The van der Waals surface area contributed by atoms with E-state index in [2.05, 4.69) is 13.8 Å². The Labute approximate surface area is 183 Å². The van der Waals surface area contributed by atoms with Crippen molar-refractivity contribution in [2.24, 2.45) is 0 Å². The van der Waals surface area contributed by atoms with Gasteiger partial charge in [0.15, 0.2) is 0 Å². The molecule has 0 spiro atoms. The lowest BCUT2D eigenvalue weighted by molar-refractivity contribution is -0.131. The minimum Gasteiger partial charge on any atom is -0.341 e. The van der Waals surface area contributed by atoms with Gasteiger partial charge < -0.3 is 9.47 Å². The number of sulfone groups is 1. The number of fused-ring (bicyclic) bond motifs is 1. The van der Waals surface area contributed by atoms with E-state index in [4.69, 9.17) is 0 Å². The monoisotopic (exact) mass is 444 g/mol. The summed E-state index contributed by atoms with van der Waals surface area (Å²) in [6.45, 7) is 5.67. The first-order chi connectivity index (χ1) is 14.9. The Bertz CT molecular complexity index is 1130. The van der Waals surface area contributed by atoms with E-state index in [-0.39, 0.29) is 22.2 Å². The Morgan fingerprint density at radius 2 is 1.58 bits per heavy atom. The molecule has 0 atom stereocenters. The van der Waals surface area contributed by atoms with Crippen molar-refractivity contribution in [2.45, 2.75) is 55.9 Å². The van der Waals surface area contributed by atoms with Gasteiger partial charge in [0.05, 0.1) is 9.79 Å². The Morgan fingerprint density at radius 1 is 0.968 bits per heavy atom. The fraction of sp³-hybridized carbons (Fsp3) is 0.375. The Hall–Kier alpha value is -2.67. The molecule has 5 nitrogen and oxygen atoms in total. The first-order valence-electron chi connectivity index (χ1n) is 10.7. The maximum Gasteiger partial charge on any atom is 0.242 e. The van der Waals surface area contributed by atoms with Crippen LogP contribution in [0.4, 0.5) is 4.39 Å². The van der Waals surface area contributed by atoms with E-state index in [9.17, 15) is 17.6 Å². The van der Waals surface area contributed by atoms with Crippen molar-refractivity contribution in [3.63, 3.8) is 0 Å². The van der Waals surface area contributed by atoms with Gasteiger partial charge in [0.25, 0.3) is 0 Å². The van der Waals surface area contributed by atoms with Gasteiger partial charge in [-0.05, 0) is 43.2 Å². The van der Waals surface area contributed by atoms with Gasteiger partial charge in [-0.1, -0.05) is 44.9 Å². The van der Waals surface area contributed by atoms with Gasteiger partial charge in [-0.2, -0.15) is 0 Å². The molecule has 0 saturated carbocycles. The number of hydrogen-bond donors (Lipinski definition) is 0. The zero-order chi connectivity index (χ0) is 22.4. The van der Waals surface area contributed by atoms with Crippen LogP contribution in [0.2, 0.25) is 0 Å². The molecule has 7 heteroatoms. The van der Waals surface area contributed by atoms with Crippen molar-refractivity contribution in [3.05, 3.63) is 60.5 Å². The van der Waals surface area contributed by atoms with Crippen molar-refractivity contribution < 1.29 is 17.6 Å². The molecule has 1 amide bonds. The summed E-state index contributed by atoms with van der Waals surface area (Å²) in [6.07, 6.45) is 5.40. The largest absolute Gasteiger partial charge is 0.341 e. The van der Waals surface area contributed by atoms with Gasteiger partial charge in [0.1, 0.15) is 12.4 Å². The van der Waals surface area contributed by atoms with E-state index < -0.39 is 15.7 Å². The summed E-state index contributed by atoms with van der Waals surface area (Å²) in [7, 11) is -3.86. The number of nitrogens with zero attached hydrogens (tertiary/aromatic N) is 2. The van der Waals surface area contributed by atoms with Crippen LogP contribution in [0.25, 0.3) is 10.9 Å². The van der Waals surface area contributed by atoms with E-state index in [1.165, 1.54) is 18.3 Å². The molecule has 1 aromatic heterocycles. The molecule has 0 radical (unpaired) electrons. The van der Waals surface area contributed by atoms with Crippen molar-refractivity contribution in [1.82, 2.24) is 9.47 Å². The van der Waals surface area contributed by atoms with Crippen molar-refractivity contribution >= 4 is 26.6 Å². The second kappa shape index (κ2) is 10.1. The molecular weight excluding hydrogens is 415 g/mol. The molecule has 0 saturated heterocycles. The third-order valence-electron chi connectivity index (χ3n) is 5.39. The maximum atomic E-state index is 13.3. The van der Waals surface area contributed by atoms with Crippen LogP contribution in [0.5, 0.6) is 0 Å². The zero-order valence-electron chi connectivity index (χ0n) is 18.1. The average Bonchev–Trinajstić information content (AvgIpc) is 3.13. The topological polar surface area (TPSA) is 59.4 Å². The Morgan fingerprint density at radius 3 is 2.19 bits per heavy atom. The number of rotatable bonds is 10. The summed E-state index contributed by atoms with van der Waals surface area (Å²) in [5.74, 6) is -0.514. The predicted octanol–water partition coefficient (Wildman–Crippen LogP) is 5.04. The first-order valence-corrected chi connectivity index (χ1v) is 12.2. The highest BCUT2D eigenvalue weighted by atomic mass is 32.2. The average molecular weight is 445 g/mol. The van der Waals surface area contributed by atoms with E-state index in [0.717, 1.165) is 37.8 Å². The van der Waals surface area contributed by atoms with Gasteiger partial charge in [-0.3, -0.25) is 4.79 Å². The quantitative estimate of drug-likeness (QED) is 0.412. The van der Waals surface area contributed by atoms with Crippen LogP contribution in [-0.4, -0.2) is 36.9 Å². The normalized spacial score (nSPS) is 11.7. The lowest BCUT2D eigenvalue weighted by Crippen LogP contribution is -2.35. The summed E-state index contributed by atoms with van der Waals surface area (Å²) >= 11 is 0. The number of amides is 1. The van der Waals surface area contributed by atoms with Crippen LogP contribution in [-0.2, 0) is 21.2 Å². The van der Waals surface area contributed by atoms with Crippen LogP contribution >= 0.6 is 0 Å². The van der Waals surface area contributed by atoms with Gasteiger partial charge in [0, 0.05) is 30.2 Å². The van der Waals surface area contributed by atoms with Crippen molar-refractivity contribution in [1.29, 1.82) is 0 Å². The number of carbonyl (C=O) groups is 1. The molecule has 166 valence electrons. The zero-order valence-corrected chi connectivity index (χ0v) is 18.9. The van der Waals surface area contributed by atoms with Gasteiger partial charge >= 0.3 is 0 Å². The molecule has 0 aliphatic rings. The molecule has 2 aromatic carbocycles. The highest BCUT2D eigenvalue weighted by Crippen LogP contribution is 2.30. The minimum atomic E-state index is -3.86. The van der Waals surface area contributed by atoms with Crippen molar-refractivity contribution in [3.8, 4) is 0 Å². The summed E-state index contributed by atoms with van der Waals surface area (Å²) in [6, 6.07) is 11.9. The Kier molecular flexibility index (Phi) is 7.49. The lowest BCUT2D eigenvalue weighted by atomic mass is 10.2. The molecule has 3 aromatic rings. The summed E-state index contributed by atoms with van der Waals surface area (Å²) < 4.78 is 41.5. The maximum absolute atomic E-state index is 13.3. The predicted molar refractivity (Wildman–Crippen MR) is 120 cm³/mol. The number of para-hydroxylation sites is 1. The minimum absolute atomic E-state index is 0.0200. The fourth-order valence-electron chi connectivity index (χ4n) is 3.60. The molecule has 0 N–H and O–H groups in total. The number of hydrogen-bond acceptors (Lipinski definition) is 3. The second-order valence-corrected chi connectivity index (χ2v) is 9.60. The van der Waals surface area contributed by atoms with Gasteiger partial charge in [0.2, 0.25) is 15.7 Å². The van der Waals surface area contributed by atoms with E-state index in [1.54, 1.807) is 16.7 Å². The molecular formula is C24H29FN2O3S. The number of halogens is 1. The van der Waals surface area contributed by atoms with Crippen LogP contribution in [0.3, 0.4) is 0 Å². The molecule has 0 bridgehead atoms. The van der Waals surface area contributed by atoms with Crippen LogP contribution in [0.15, 0.2) is 64.5 Å². The second-order valence-electron chi connectivity index (χ2n) is 7.68. The number of carbonyl (C=O) groups excluding carboxylic acids is 1. The molecule has 1 heterocycles. The smallest absolute Gasteiger partial charge is 0.242 e. The van der Waals surface area contributed by atoms with E-state index in [1.807, 2.05) is 17.0 Å². The summed E-state index contributed by atoms with van der Waals surface area (Å²) in [5, 5.41) is 0.549. The summed E-state index contributed by atoms with van der Waals surface area (Å²) in [5.41, 5.74) is 0.683. The van der Waals surface area contributed by atoms with Crippen molar-refractivity contribution in [2.75, 3.05) is 13.1 Å². The third-order valence-corrected chi connectivity index (χ3v) is 7.18. The van der Waals surface area contributed by atoms with E-state index >= 15 is 0 Å². The highest BCUT2D eigenvalue weighted by molar-refractivity contribution is 7.91. The molecule has 3 rings (SSSR count). The molecule has 0 unspecified atom stereocenters. The third kappa shape index (κ3) is 5.15. The van der Waals surface area contributed by atoms with Crippen LogP contribution in [0, 0.1) is 5.82 Å². The van der Waals surface area contributed by atoms with Gasteiger partial charge in [-0.25, -0.2) is 12.8 Å². The summed E-state index contributed by atoms with van der Waals surface area (Å²) in [4.78, 5) is 15.1. The standard InChI is InChI=1S/C24H29FN2O3S/c1-3-5-15-26(16-6-4-2)24(28)18-27-17-23(21-9-7-8-10-22(21)27)31(29,30)20-13-11-19(25)12-14-20/h7-14,17H,3-6,15-16,18H2,1-2H3. The molecule has 0 aliphatic carbocycles. The lowest BCUT2D eigenvalue weighted by Gasteiger charge is -2.23. The fourth-order valence-corrected chi connectivity index (χ4v) is 5.08. The molecule has 0 aliphatic heterocycles. The molecule has 31 heavy (non-hydrogen) atoms. The number of aromatic nitrogens is 1.